The standard InChI is InChI=1S/C17H17Cl2NO3/c18-11-4-1-8(7-12(11)19)20-15(21)13-9-2-3-10(14(13)16(22)23)17(9)5-6-17/h1,4,7,9-10,13-14H,2-3,5-6H2,(H,20,21)(H,22,23). The average molecular weight is 354 g/mol. The summed E-state index contributed by atoms with van der Waals surface area (Å²) in [7, 11) is 0. The zero-order valence-electron chi connectivity index (χ0n) is 12.4. The van der Waals surface area contributed by atoms with Crippen molar-refractivity contribution < 1.29 is 14.7 Å². The molecule has 23 heavy (non-hydrogen) atoms. The highest BCUT2D eigenvalue weighted by Crippen LogP contribution is 2.74. The van der Waals surface area contributed by atoms with Gasteiger partial charge in [-0.2, -0.15) is 0 Å². The number of carboxylic acid groups (broad SMARTS) is 1. The van der Waals surface area contributed by atoms with Crippen molar-refractivity contribution in [2.24, 2.45) is 29.1 Å². The van der Waals surface area contributed by atoms with Gasteiger partial charge in [-0.25, -0.2) is 0 Å². The quantitative estimate of drug-likeness (QED) is 0.860. The summed E-state index contributed by atoms with van der Waals surface area (Å²) in [6, 6.07) is 4.90. The number of carbonyl (C=O) groups excluding carboxylic acids is 1. The summed E-state index contributed by atoms with van der Waals surface area (Å²) >= 11 is 11.9. The number of anilines is 1. The van der Waals surface area contributed by atoms with Gasteiger partial charge >= 0.3 is 5.97 Å². The molecule has 1 aromatic rings. The molecule has 4 nitrogen and oxygen atoms in total. The van der Waals surface area contributed by atoms with E-state index in [9.17, 15) is 14.7 Å². The highest BCUT2D eigenvalue weighted by molar-refractivity contribution is 6.42. The zero-order chi connectivity index (χ0) is 16.4. The highest BCUT2D eigenvalue weighted by atomic mass is 35.5. The number of carboxylic acids is 1. The topological polar surface area (TPSA) is 66.4 Å². The Bertz CT molecular complexity index is 701. The first-order chi connectivity index (χ1) is 10.9. The molecular weight excluding hydrogens is 337 g/mol. The van der Waals surface area contributed by atoms with Gasteiger partial charge in [0.15, 0.2) is 0 Å². The Hall–Kier alpha value is -1.26. The lowest BCUT2D eigenvalue weighted by atomic mass is 9.78. The first kappa shape index (κ1) is 15.3. The molecule has 0 heterocycles. The number of carbonyl (C=O) groups is 2. The summed E-state index contributed by atoms with van der Waals surface area (Å²) in [5, 5.41) is 13.3. The minimum absolute atomic E-state index is 0.128. The van der Waals surface area contributed by atoms with E-state index in [4.69, 9.17) is 23.2 Å². The molecule has 122 valence electrons. The first-order valence-corrected chi connectivity index (χ1v) is 8.68. The monoisotopic (exact) mass is 353 g/mol. The van der Waals surface area contributed by atoms with Gasteiger partial charge in [-0.05, 0) is 61.1 Å². The highest BCUT2D eigenvalue weighted by Gasteiger charge is 2.71. The third kappa shape index (κ3) is 2.18. The van der Waals surface area contributed by atoms with Crippen LogP contribution >= 0.6 is 23.2 Å². The fraction of sp³-hybridized carbons (Fsp3) is 0.529. The molecule has 3 aliphatic carbocycles. The maximum Gasteiger partial charge on any atom is 0.307 e. The van der Waals surface area contributed by atoms with Crippen molar-refractivity contribution in [2.75, 3.05) is 5.32 Å². The lowest BCUT2D eigenvalue weighted by Crippen LogP contribution is -2.37. The van der Waals surface area contributed by atoms with Gasteiger partial charge in [0.25, 0.3) is 0 Å². The minimum Gasteiger partial charge on any atom is -0.481 e. The zero-order valence-corrected chi connectivity index (χ0v) is 13.9. The maximum absolute atomic E-state index is 12.8. The third-order valence-electron chi connectivity index (χ3n) is 6.12. The van der Waals surface area contributed by atoms with Crippen LogP contribution in [-0.4, -0.2) is 17.0 Å². The molecule has 0 radical (unpaired) electrons. The summed E-state index contributed by atoms with van der Waals surface area (Å²) in [6.07, 6.45) is 4.05. The third-order valence-corrected chi connectivity index (χ3v) is 6.86. The summed E-state index contributed by atoms with van der Waals surface area (Å²) in [5.41, 5.74) is 0.684. The number of halogens is 2. The van der Waals surface area contributed by atoms with Crippen molar-refractivity contribution in [3.8, 4) is 0 Å². The lowest BCUT2D eigenvalue weighted by molar-refractivity contribution is -0.148. The lowest BCUT2D eigenvalue weighted by Gasteiger charge is -2.27. The molecule has 3 fully saturated rings. The van der Waals surface area contributed by atoms with Crippen LogP contribution in [0.3, 0.4) is 0 Å². The fourth-order valence-electron chi connectivity index (χ4n) is 5.14. The molecule has 1 amide bonds. The van der Waals surface area contributed by atoms with Crippen LogP contribution in [0.5, 0.6) is 0 Å². The van der Waals surface area contributed by atoms with Gasteiger partial charge in [0.2, 0.25) is 5.91 Å². The predicted octanol–water partition coefficient (Wildman–Crippen LogP) is 4.07. The van der Waals surface area contributed by atoms with E-state index in [1.165, 1.54) is 0 Å². The van der Waals surface area contributed by atoms with E-state index in [-0.39, 0.29) is 23.2 Å². The predicted molar refractivity (Wildman–Crippen MR) is 87.6 cm³/mol. The van der Waals surface area contributed by atoms with Gasteiger partial charge < -0.3 is 10.4 Å². The molecule has 2 N–H and O–H groups in total. The van der Waals surface area contributed by atoms with E-state index in [0.29, 0.717) is 15.7 Å². The van der Waals surface area contributed by atoms with E-state index < -0.39 is 17.8 Å². The Kier molecular flexibility index (Phi) is 3.40. The van der Waals surface area contributed by atoms with Gasteiger partial charge in [0.05, 0.1) is 21.9 Å². The van der Waals surface area contributed by atoms with Gasteiger partial charge in [0.1, 0.15) is 0 Å². The Balaban J connectivity index is 1.60. The number of hydrogen-bond acceptors (Lipinski definition) is 2. The Morgan fingerprint density at radius 2 is 1.74 bits per heavy atom. The van der Waals surface area contributed by atoms with Crippen molar-refractivity contribution in [2.45, 2.75) is 25.7 Å². The number of hydrogen-bond donors (Lipinski definition) is 2. The molecule has 4 atom stereocenters. The second kappa shape index (κ2) is 5.12. The Morgan fingerprint density at radius 1 is 1.09 bits per heavy atom. The SMILES string of the molecule is O=C(O)C1C(C(=O)Nc2ccc(Cl)c(Cl)c2)C2CCC1C21CC1. The van der Waals surface area contributed by atoms with E-state index in [1.54, 1.807) is 18.2 Å². The smallest absolute Gasteiger partial charge is 0.307 e. The van der Waals surface area contributed by atoms with Crippen LogP contribution in [0, 0.1) is 29.1 Å². The Labute approximate surface area is 144 Å². The number of rotatable bonds is 3. The van der Waals surface area contributed by atoms with E-state index in [0.717, 1.165) is 25.7 Å². The van der Waals surface area contributed by atoms with Crippen LogP contribution in [0.15, 0.2) is 18.2 Å². The Morgan fingerprint density at radius 3 is 2.30 bits per heavy atom. The van der Waals surface area contributed by atoms with Crippen molar-refractivity contribution in [1.29, 1.82) is 0 Å². The molecule has 0 aliphatic heterocycles. The molecule has 2 bridgehead atoms. The van der Waals surface area contributed by atoms with Crippen molar-refractivity contribution >= 4 is 40.8 Å². The maximum atomic E-state index is 12.8. The van der Waals surface area contributed by atoms with Crippen molar-refractivity contribution in [3.05, 3.63) is 28.2 Å². The molecule has 6 heteroatoms. The van der Waals surface area contributed by atoms with Gasteiger partial charge in [0, 0.05) is 5.69 Å². The van der Waals surface area contributed by atoms with Crippen molar-refractivity contribution in [1.82, 2.24) is 0 Å². The molecule has 0 saturated heterocycles. The second-order valence-corrected chi connectivity index (χ2v) is 7.85. The summed E-state index contributed by atoms with van der Waals surface area (Å²) in [6.45, 7) is 0. The van der Waals surface area contributed by atoms with Crippen LogP contribution in [0.25, 0.3) is 0 Å². The summed E-state index contributed by atoms with van der Waals surface area (Å²) in [5.74, 6) is -1.67. The molecule has 4 rings (SSSR count). The van der Waals surface area contributed by atoms with Crippen LogP contribution < -0.4 is 5.32 Å². The normalized spacial score (nSPS) is 33.0. The van der Waals surface area contributed by atoms with E-state index in [1.807, 2.05) is 0 Å². The van der Waals surface area contributed by atoms with Gasteiger partial charge in [-0.1, -0.05) is 23.2 Å². The molecule has 3 aliphatic rings. The second-order valence-electron chi connectivity index (χ2n) is 7.03. The fourth-order valence-corrected chi connectivity index (χ4v) is 5.44. The minimum atomic E-state index is -0.835. The largest absolute Gasteiger partial charge is 0.481 e. The molecule has 1 aromatic carbocycles. The number of amides is 1. The molecule has 1 spiro atoms. The number of nitrogens with one attached hydrogen (secondary N) is 1. The number of aliphatic carboxylic acids is 1. The van der Waals surface area contributed by atoms with Gasteiger partial charge in [-0.3, -0.25) is 9.59 Å². The summed E-state index contributed by atoms with van der Waals surface area (Å²) in [4.78, 5) is 24.5. The molecular formula is C17H17Cl2NO3. The van der Waals surface area contributed by atoms with Crippen LogP contribution in [0.1, 0.15) is 25.7 Å². The molecule has 3 saturated carbocycles. The molecule has 4 unspecified atom stereocenters. The first-order valence-electron chi connectivity index (χ1n) is 7.93. The van der Waals surface area contributed by atoms with Crippen LogP contribution in [-0.2, 0) is 9.59 Å². The summed E-state index contributed by atoms with van der Waals surface area (Å²) < 4.78 is 0. The van der Waals surface area contributed by atoms with Crippen LogP contribution in [0.4, 0.5) is 5.69 Å². The number of benzene rings is 1. The average Bonchev–Trinajstić information content (AvgIpc) is 3.16. The van der Waals surface area contributed by atoms with Crippen LogP contribution in [0.2, 0.25) is 10.0 Å². The van der Waals surface area contributed by atoms with E-state index >= 15 is 0 Å². The molecule has 0 aromatic heterocycles. The van der Waals surface area contributed by atoms with E-state index in [2.05, 4.69) is 5.32 Å². The van der Waals surface area contributed by atoms with Gasteiger partial charge in [-0.15, -0.1) is 0 Å². The van der Waals surface area contributed by atoms with Crippen molar-refractivity contribution in [3.63, 3.8) is 0 Å².